The van der Waals surface area contributed by atoms with Crippen molar-refractivity contribution in [1.29, 1.82) is 5.26 Å². The zero-order chi connectivity index (χ0) is 19.3. The Morgan fingerprint density at radius 2 is 2.00 bits per heavy atom. The number of carbonyl (C=O) groups excluding carboxylic acids is 1. The second kappa shape index (κ2) is 8.42. The molecule has 0 radical (unpaired) electrons. The molecule has 142 valence electrons. The highest BCUT2D eigenvalue weighted by Gasteiger charge is 2.22. The average Bonchev–Trinajstić information content (AvgIpc) is 3.36. The monoisotopic (exact) mass is 391 g/mol. The van der Waals surface area contributed by atoms with Crippen molar-refractivity contribution >= 4 is 22.2 Å². The van der Waals surface area contributed by atoms with Gasteiger partial charge in [0.15, 0.2) is 0 Å². The molecule has 0 aliphatic heterocycles. The standard InChI is InChI=1S/C22H21N3O2S/c23-13-17-16-9-4-5-11-19(16)28-22(17)25-20(26)14-24-21(18-10-6-12-27-18)15-7-2-1-3-8-15/h1-3,6-8,10,12,21,24H,4-5,9,11,14H2,(H,25,26)/t21-/m1/s1. The maximum atomic E-state index is 12.6. The summed E-state index contributed by atoms with van der Waals surface area (Å²) in [6, 6.07) is 15.7. The lowest BCUT2D eigenvalue weighted by atomic mass is 9.96. The van der Waals surface area contributed by atoms with E-state index in [1.165, 1.54) is 4.88 Å². The molecule has 1 aliphatic carbocycles. The lowest BCUT2D eigenvalue weighted by Gasteiger charge is -2.17. The number of furan rings is 1. The molecule has 1 aromatic carbocycles. The zero-order valence-corrected chi connectivity index (χ0v) is 16.2. The van der Waals surface area contributed by atoms with Crippen LogP contribution in [0.1, 0.15) is 46.2 Å². The third-order valence-corrected chi connectivity index (χ3v) is 6.17. The van der Waals surface area contributed by atoms with Gasteiger partial charge in [-0.05, 0) is 48.9 Å². The van der Waals surface area contributed by atoms with Crippen LogP contribution in [0.25, 0.3) is 0 Å². The van der Waals surface area contributed by atoms with Gasteiger partial charge in [-0.1, -0.05) is 30.3 Å². The van der Waals surface area contributed by atoms with E-state index in [2.05, 4.69) is 16.7 Å². The zero-order valence-electron chi connectivity index (χ0n) is 15.4. The second-order valence-electron chi connectivity index (χ2n) is 6.82. The Morgan fingerprint density at radius 3 is 2.75 bits per heavy atom. The predicted octanol–water partition coefficient (Wildman–Crippen LogP) is 4.41. The largest absolute Gasteiger partial charge is 0.467 e. The van der Waals surface area contributed by atoms with E-state index in [1.54, 1.807) is 17.6 Å². The number of aryl methyl sites for hydroxylation is 1. The van der Waals surface area contributed by atoms with Gasteiger partial charge in [0.05, 0.1) is 24.4 Å². The van der Waals surface area contributed by atoms with Crippen LogP contribution >= 0.6 is 11.3 Å². The van der Waals surface area contributed by atoms with E-state index in [0.29, 0.717) is 10.6 Å². The van der Waals surface area contributed by atoms with Crippen molar-refractivity contribution in [3.05, 3.63) is 76.1 Å². The summed E-state index contributed by atoms with van der Waals surface area (Å²) in [6.45, 7) is 0.119. The van der Waals surface area contributed by atoms with Crippen LogP contribution in [0, 0.1) is 11.3 Å². The van der Waals surface area contributed by atoms with Gasteiger partial charge in [0.1, 0.15) is 16.8 Å². The molecule has 0 fully saturated rings. The maximum Gasteiger partial charge on any atom is 0.238 e. The number of nitrogens with one attached hydrogen (secondary N) is 2. The first kappa shape index (κ1) is 18.5. The summed E-state index contributed by atoms with van der Waals surface area (Å²) in [7, 11) is 0. The summed E-state index contributed by atoms with van der Waals surface area (Å²) in [5, 5.41) is 16.4. The minimum absolute atomic E-state index is 0.119. The molecule has 28 heavy (non-hydrogen) atoms. The summed E-state index contributed by atoms with van der Waals surface area (Å²) < 4.78 is 5.56. The van der Waals surface area contributed by atoms with E-state index in [9.17, 15) is 10.1 Å². The summed E-state index contributed by atoms with van der Waals surface area (Å²) >= 11 is 1.54. The van der Waals surface area contributed by atoms with E-state index >= 15 is 0 Å². The molecule has 2 N–H and O–H groups in total. The predicted molar refractivity (Wildman–Crippen MR) is 109 cm³/mol. The van der Waals surface area contributed by atoms with Crippen molar-refractivity contribution in [2.45, 2.75) is 31.7 Å². The van der Waals surface area contributed by atoms with Crippen molar-refractivity contribution in [3.8, 4) is 6.07 Å². The third kappa shape index (κ3) is 3.86. The number of thiophene rings is 1. The van der Waals surface area contributed by atoms with Crippen molar-refractivity contribution < 1.29 is 9.21 Å². The van der Waals surface area contributed by atoms with Gasteiger partial charge >= 0.3 is 0 Å². The number of nitriles is 1. The molecule has 6 heteroatoms. The van der Waals surface area contributed by atoms with Gasteiger partial charge in [-0.2, -0.15) is 5.26 Å². The number of anilines is 1. The van der Waals surface area contributed by atoms with Crippen LogP contribution in [0.2, 0.25) is 0 Å². The average molecular weight is 391 g/mol. The molecule has 0 spiro atoms. The fraction of sp³-hybridized carbons (Fsp3) is 0.273. The number of nitrogens with zero attached hydrogens (tertiary/aromatic N) is 1. The molecule has 3 aromatic rings. The minimum Gasteiger partial charge on any atom is -0.467 e. The van der Waals surface area contributed by atoms with Gasteiger partial charge in [-0.3, -0.25) is 10.1 Å². The first-order valence-corrected chi connectivity index (χ1v) is 10.2. The lowest BCUT2D eigenvalue weighted by molar-refractivity contribution is -0.115. The summed E-state index contributed by atoms with van der Waals surface area (Å²) in [6.07, 6.45) is 5.81. The number of fused-ring (bicyclic) bond motifs is 1. The fourth-order valence-electron chi connectivity index (χ4n) is 3.62. The van der Waals surface area contributed by atoms with Gasteiger partial charge in [0.2, 0.25) is 5.91 Å². The molecule has 1 amide bonds. The van der Waals surface area contributed by atoms with Crippen molar-refractivity contribution in [1.82, 2.24) is 5.32 Å². The van der Waals surface area contributed by atoms with Gasteiger partial charge in [-0.15, -0.1) is 11.3 Å². The molecule has 0 saturated carbocycles. The first-order chi connectivity index (χ1) is 13.8. The molecule has 0 bridgehead atoms. The van der Waals surface area contributed by atoms with Crippen LogP contribution in [0.15, 0.2) is 53.1 Å². The van der Waals surface area contributed by atoms with Gasteiger partial charge in [0.25, 0.3) is 0 Å². The molecule has 1 atom stereocenters. The Hall–Kier alpha value is -2.88. The van der Waals surface area contributed by atoms with E-state index < -0.39 is 0 Å². The Labute approximate surface area is 168 Å². The van der Waals surface area contributed by atoms with Crippen LogP contribution in [0.5, 0.6) is 0 Å². The van der Waals surface area contributed by atoms with Crippen LogP contribution in [-0.2, 0) is 17.6 Å². The SMILES string of the molecule is N#Cc1c(NC(=O)CN[C@H](c2ccccc2)c2ccco2)sc2c1CCCC2. The molecule has 5 nitrogen and oxygen atoms in total. The normalized spacial score (nSPS) is 14.1. The minimum atomic E-state index is -0.214. The van der Waals surface area contributed by atoms with E-state index in [1.807, 2.05) is 42.5 Å². The Balaban J connectivity index is 1.46. The molecule has 2 aromatic heterocycles. The van der Waals surface area contributed by atoms with Crippen LogP contribution in [0.4, 0.5) is 5.00 Å². The highest BCUT2D eigenvalue weighted by molar-refractivity contribution is 7.16. The molecule has 0 saturated heterocycles. The van der Waals surface area contributed by atoms with Crippen molar-refractivity contribution in [3.63, 3.8) is 0 Å². The van der Waals surface area contributed by atoms with Crippen LogP contribution in [0.3, 0.4) is 0 Å². The fourth-order valence-corrected chi connectivity index (χ4v) is 4.88. The maximum absolute atomic E-state index is 12.6. The van der Waals surface area contributed by atoms with Crippen LogP contribution < -0.4 is 10.6 Å². The van der Waals surface area contributed by atoms with Crippen molar-refractivity contribution in [2.75, 3.05) is 11.9 Å². The Bertz CT molecular complexity index is 987. The van der Waals surface area contributed by atoms with Crippen molar-refractivity contribution in [2.24, 2.45) is 0 Å². The molecule has 4 rings (SSSR count). The summed E-state index contributed by atoms with van der Waals surface area (Å²) in [5.41, 5.74) is 2.79. The topological polar surface area (TPSA) is 78.1 Å². The lowest BCUT2D eigenvalue weighted by Crippen LogP contribution is -2.31. The first-order valence-electron chi connectivity index (χ1n) is 9.42. The highest BCUT2D eigenvalue weighted by atomic mass is 32.1. The second-order valence-corrected chi connectivity index (χ2v) is 7.92. The smallest absolute Gasteiger partial charge is 0.238 e. The van der Waals surface area contributed by atoms with Gasteiger partial charge in [-0.25, -0.2) is 0 Å². The van der Waals surface area contributed by atoms with E-state index in [0.717, 1.165) is 42.6 Å². The Kier molecular flexibility index (Phi) is 5.56. The number of hydrogen-bond acceptors (Lipinski definition) is 5. The van der Waals surface area contributed by atoms with Gasteiger partial charge < -0.3 is 9.73 Å². The highest BCUT2D eigenvalue weighted by Crippen LogP contribution is 2.37. The number of rotatable bonds is 6. The molecule has 1 aliphatic rings. The Morgan fingerprint density at radius 1 is 1.18 bits per heavy atom. The quantitative estimate of drug-likeness (QED) is 0.652. The molecule has 0 unspecified atom stereocenters. The number of hydrogen-bond donors (Lipinski definition) is 2. The molecular weight excluding hydrogens is 370 g/mol. The summed E-state index contributed by atoms with van der Waals surface area (Å²) in [4.78, 5) is 13.8. The van der Waals surface area contributed by atoms with E-state index in [-0.39, 0.29) is 18.5 Å². The number of benzene rings is 1. The molecule has 2 heterocycles. The van der Waals surface area contributed by atoms with Gasteiger partial charge in [0, 0.05) is 4.88 Å². The molecular formula is C22H21N3O2S. The van der Waals surface area contributed by atoms with Crippen LogP contribution in [-0.4, -0.2) is 12.5 Å². The van der Waals surface area contributed by atoms with E-state index in [4.69, 9.17) is 4.42 Å². The summed E-state index contributed by atoms with van der Waals surface area (Å²) in [5.74, 6) is 0.589. The number of carbonyl (C=O) groups is 1. The third-order valence-electron chi connectivity index (χ3n) is 4.96. The number of amides is 1.